The van der Waals surface area contributed by atoms with E-state index >= 15 is 0 Å². The molecule has 0 atom stereocenters. The average molecular weight is 388 g/mol. The van der Waals surface area contributed by atoms with Gasteiger partial charge in [-0.25, -0.2) is 0 Å². The molecule has 6 nitrogen and oxygen atoms in total. The Balaban J connectivity index is 1.37. The number of piperazine rings is 1. The molecular weight excluding hydrogens is 354 g/mol. The maximum absolute atomic E-state index is 9.66. The van der Waals surface area contributed by atoms with Gasteiger partial charge in [-0.15, -0.1) is 0 Å². The molecular formula is C22H33N3O3. The smallest absolute Gasteiger partial charge is 0.193 e. The highest BCUT2D eigenvalue weighted by atomic mass is 16.5. The second-order valence-corrected chi connectivity index (χ2v) is 7.41. The highest BCUT2D eigenvalue weighted by Crippen LogP contribution is 2.29. The Bertz CT molecular complexity index is 704. The number of hydrogen-bond acceptors (Lipinski definition) is 5. The Labute approximate surface area is 168 Å². The SMILES string of the molecule is CCCOc1ccccc1N1CCN(CCCCCn2c(O)ccc2O)CC1. The fourth-order valence-corrected chi connectivity index (χ4v) is 3.72. The Morgan fingerprint density at radius 3 is 2.25 bits per heavy atom. The summed E-state index contributed by atoms with van der Waals surface area (Å²) in [7, 11) is 0. The summed E-state index contributed by atoms with van der Waals surface area (Å²) in [6.45, 7) is 8.84. The van der Waals surface area contributed by atoms with Crippen LogP contribution in [0.5, 0.6) is 17.5 Å². The van der Waals surface area contributed by atoms with Crippen LogP contribution in [0, 0.1) is 0 Å². The van der Waals surface area contributed by atoms with Crippen LogP contribution in [-0.4, -0.2) is 59.0 Å². The molecule has 0 saturated carbocycles. The molecule has 1 aromatic carbocycles. The highest BCUT2D eigenvalue weighted by molar-refractivity contribution is 5.58. The van der Waals surface area contributed by atoms with Crippen LogP contribution < -0.4 is 9.64 Å². The van der Waals surface area contributed by atoms with Crippen molar-refractivity contribution in [1.82, 2.24) is 9.47 Å². The molecule has 0 spiro atoms. The lowest BCUT2D eigenvalue weighted by Gasteiger charge is -2.36. The molecule has 1 saturated heterocycles. The van der Waals surface area contributed by atoms with Gasteiger partial charge in [-0.05, 0) is 37.9 Å². The molecule has 28 heavy (non-hydrogen) atoms. The molecule has 1 fully saturated rings. The van der Waals surface area contributed by atoms with E-state index in [4.69, 9.17) is 4.74 Å². The summed E-state index contributed by atoms with van der Waals surface area (Å²) in [5, 5.41) is 19.3. The van der Waals surface area contributed by atoms with Crippen LogP contribution in [0.3, 0.4) is 0 Å². The quantitative estimate of drug-likeness (QED) is 0.609. The topological polar surface area (TPSA) is 61.1 Å². The zero-order chi connectivity index (χ0) is 19.8. The van der Waals surface area contributed by atoms with Gasteiger partial charge in [-0.1, -0.05) is 25.5 Å². The molecule has 6 heteroatoms. The van der Waals surface area contributed by atoms with Crippen molar-refractivity contribution in [2.24, 2.45) is 0 Å². The lowest BCUT2D eigenvalue weighted by atomic mass is 10.2. The minimum Gasteiger partial charge on any atom is -0.494 e. The predicted octanol–water partition coefficient (Wildman–Crippen LogP) is 3.68. The third-order valence-electron chi connectivity index (χ3n) is 5.33. The number of para-hydroxylation sites is 2. The summed E-state index contributed by atoms with van der Waals surface area (Å²) in [6.07, 6.45) is 4.20. The molecule has 1 aromatic heterocycles. The van der Waals surface area contributed by atoms with Gasteiger partial charge in [0.15, 0.2) is 11.8 Å². The lowest BCUT2D eigenvalue weighted by Crippen LogP contribution is -2.46. The van der Waals surface area contributed by atoms with Gasteiger partial charge in [-0.3, -0.25) is 9.47 Å². The Hall–Kier alpha value is -2.34. The molecule has 1 aliphatic heterocycles. The van der Waals surface area contributed by atoms with Gasteiger partial charge in [0.25, 0.3) is 0 Å². The maximum Gasteiger partial charge on any atom is 0.193 e. The van der Waals surface area contributed by atoms with Crippen molar-refractivity contribution in [3.8, 4) is 17.5 Å². The number of anilines is 1. The van der Waals surface area contributed by atoms with E-state index in [0.29, 0.717) is 6.54 Å². The van der Waals surface area contributed by atoms with Crippen molar-refractivity contribution in [1.29, 1.82) is 0 Å². The summed E-state index contributed by atoms with van der Waals surface area (Å²) < 4.78 is 7.47. The van der Waals surface area contributed by atoms with Gasteiger partial charge >= 0.3 is 0 Å². The molecule has 0 unspecified atom stereocenters. The van der Waals surface area contributed by atoms with Crippen LogP contribution in [0.25, 0.3) is 0 Å². The second kappa shape index (κ2) is 10.3. The minimum atomic E-state index is 0.136. The minimum absolute atomic E-state index is 0.136. The number of hydrogen-bond donors (Lipinski definition) is 2. The summed E-state index contributed by atoms with van der Waals surface area (Å²) in [6, 6.07) is 11.4. The summed E-state index contributed by atoms with van der Waals surface area (Å²) in [4.78, 5) is 4.95. The van der Waals surface area contributed by atoms with Crippen molar-refractivity contribution in [3.63, 3.8) is 0 Å². The monoisotopic (exact) mass is 387 g/mol. The molecule has 154 valence electrons. The van der Waals surface area contributed by atoms with E-state index in [1.54, 1.807) is 4.57 Å². The fraction of sp³-hybridized carbons (Fsp3) is 0.545. The van der Waals surface area contributed by atoms with E-state index < -0.39 is 0 Å². The zero-order valence-corrected chi connectivity index (χ0v) is 16.9. The fourth-order valence-electron chi connectivity index (χ4n) is 3.72. The van der Waals surface area contributed by atoms with Gasteiger partial charge in [0.2, 0.25) is 0 Å². The third kappa shape index (κ3) is 5.35. The number of ether oxygens (including phenoxy) is 1. The maximum atomic E-state index is 9.66. The van der Waals surface area contributed by atoms with Crippen molar-refractivity contribution in [3.05, 3.63) is 36.4 Å². The third-order valence-corrected chi connectivity index (χ3v) is 5.33. The van der Waals surface area contributed by atoms with Crippen LogP contribution in [-0.2, 0) is 6.54 Å². The van der Waals surface area contributed by atoms with Crippen molar-refractivity contribution in [2.75, 3.05) is 44.2 Å². The largest absolute Gasteiger partial charge is 0.494 e. The molecule has 2 N–H and O–H groups in total. The average Bonchev–Trinajstić information content (AvgIpc) is 3.05. The number of benzene rings is 1. The number of aromatic nitrogens is 1. The summed E-state index contributed by atoms with van der Waals surface area (Å²) in [5.74, 6) is 1.27. The van der Waals surface area contributed by atoms with E-state index in [2.05, 4.69) is 34.9 Å². The van der Waals surface area contributed by atoms with Gasteiger partial charge in [0, 0.05) is 44.9 Å². The number of unbranched alkanes of at least 4 members (excludes halogenated alkanes) is 2. The Morgan fingerprint density at radius 1 is 0.857 bits per heavy atom. The van der Waals surface area contributed by atoms with Crippen molar-refractivity contribution >= 4 is 5.69 Å². The van der Waals surface area contributed by atoms with Crippen LogP contribution in [0.4, 0.5) is 5.69 Å². The summed E-state index contributed by atoms with van der Waals surface area (Å²) >= 11 is 0. The molecule has 0 bridgehead atoms. The Kier molecular flexibility index (Phi) is 7.48. The van der Waals surface area contributed by atoms with Gasteiger partial charge in [0.05, 0.1) is 12.3 Å². The standard InChI is InChI=1S/C22H33N3O3/c1-2-18-28-20-9-5-4-8-19(20)24-16-14-23(15-17-24)12-6-3-7-13-25-21(26)10-11-22(25)27/h4-5,8-11,26-27H,2-3,6-7,12-18H2,1H3. The van der Waals surface area contributed by atoms with Gasteiger partial charge in [-0.2, -0.15) is 0 Å². The zero-order valence-electron chi connectivity index (χ0n) is 16.9. The first kappa shape index (κ1) is 20.4. The van der Waals surface area contributed by atoms with E-state index in [-0.39, 0.29) is 11.8 Å². The Morgan fingerprint density at radius 2 is 1.54 bits per heavy atom. The van der Waals surface area contributed by atoms with Crippen molar-refractivity contribution < 1.29 is 14.9 Å². The van der Waals surface area contributed by atoms with Crippen LogP contribution in [0.2, 0.25) is 0 Å². The molecule has 0 radical (unpaired) electrons. The van der Waals surface area contributed by atoms with Crippen molar-refractivity contribution in [2.45, 2.75) is 39.2 Å². The number of aromatic hydroxyl groups is 2. The molecule has 3 rings (SSSR count). The van der Waals surface area contributed by atoms with Crippen LogP contribution in [0.15, 0.2) is 36.4 Å². The predicted molar refractivity (Wildman–Crippen MR) is 112 cm³/mol. The highest BCUT2D eigenvalue weighted by Gasteiger charge is 2.19. The van der Waals surface area contributed by atoms with Crippen LogP contribution >= 0.6 is 0 Å². The van der Waals surface area contributed by atoms with E-state index in [0.717, 1.165) is 70.8 Å². The van der Waals surface area contributed by atoms with Gasteiger partial charge in [0.1, 0.15) is 5.75 Å². The molecule has 1 aliphatic rings. The lowest BCUT2D eigenvalue weighted by molar-refractivity contribution is 0.249. The van der Waals surface area contributed by atoms with E-state index in [1.807, 2.05) is 6.07 Å². The second-order valence-electron chi connectivity index (χ2n) is 7.41. The molecule has 0 aliphatic carbocycles. The van der Waals surface area contributed by atoms with E-state index in [1.165, 1.54) is 17.8 Å². The first-order valence-corrected chi connectivity index (χ1v) is 10.5. The number of rotatable bonds is 10. The molecule has 2 heterocycles. The normalized spacial score (nSPS) is 15.1. The van der Waals surface area contributed by atoms with E-state index in [9.17, 15) is 10.2 Å². The van der Waals surface area contributed by atoms with Gasteiger partial charge < -0.3 is 19.8 Å². The first-order valence-electron chi connectivity index (χ1n) is 10.5. The summed E-state index contributed by atoms with van der Waals surface area (Å²) in [5.41, 5.74) is 1.21. The number of nitrogens with zero attached hydrogens (tertiary/aromatic N) is 3. The molecule has 0 amide bonds. The van der Waals surface area contributed by atoms with Crippen LogP contribution in [0.1, 0.15) is 32.6 Å². The first-order chi connectivity index (χ1) is 13.7. The molecule has 2 aromatic rings.